The smallest absolute Gasteiger partial charge is 0.335 e. The lowest BCUT2D eigenvalue weighted by atomic mass is 9.94. The van der Waals surface area contributed by atoms with Gasteiger partial charge in [-0.15, -0.1) is 0 Å². The van der Waals surface area contributed by atoms with E-state index in [1.165, 1.54) is 0 Å². The van der Waals surface area contributed by atoms with Crippen LogP contribution in [0.5, 0.6) is 0 Å². The number of likely N-dealkylation sites (N-methyl/N-ethyl adjacent to an activating group) is 1. The summed E-state index contributed by atoms with van der Waals surface area (Å²) < 4.78 is 0. The molecule has 0 bridgehead atoms. The lowest BCUT2D eigenvalue weighted by Crippen LogP contribution is -2.37. The van der Waals surface area contributed by atoms with Gasteiger partial charge >= 0.3 is 5.97 Å². The number of aromatic carboxylic acids is 1. The van der Waals surface area contributed by atoms with Crippen molar-refractivity contribution in [3.05, 3.63) is 29.3 Å². The molecule has 0 spiro atoms. The van der Waals surface area contributed by atoms with Gasteiger partial charge in [0.25, 0.3) is 0 Å². The van der Waals surface area contributed by atoms with Crippen LogP contribution in [-0.2, 0) is 5.54 Å². The largest absolute Gasteiger partial charge is 0.478 e. The van der Waals surface area contributed by atoms with Crippen molar-refractivity contribution in [1.29, 1.82) is 0 Å². The molecule has 0 unspecified atom stereocenters. The SMILES string of the molecule is CN1C[C@](C)(N)c2cc(C(=O)O)ccc21. The molecule has 1 aliphatic heterocycles. The van der Waals surface area contributed by atoms with E-state index in [9.17, 15) is 4.79 Å². The molecule has 0 amide bonds. The van der Waals surface area contributed by atoms with Gasteiger partial charge in [0, 0.05) is 19.3 Å². The Hall–Kier alpha value is -1.55. The molecule has 1 heterocycles. The van der Waals surface area contributed by atoms with E-state index in [1.54, 1.807) is 12.1 Å². The van der Waals surface area contributed by atoms with Crippen molar-refractivity contribution in [2.24, 2.45) is 5.73 Å². The number of rotatable bonds is 1. The zero-order chi connectivity index (χ0) is 11.2. The van der Waals surface area contributed by atoms with Crippen LogP contribution in [0.3, 0.4) is 0 Å². The second-order valence-corrected chi connectivity index (χ2v) is 4.31. The van der Waals surface area contributed by atoms with E-state index in [2.05, 4.69) is 0 Å². The van der Waals surface area contributed by atoms with Crippen molar-refractivity contribution in [2.45, 2.75) is 12.5 Å². The molecule has 4 nitrogen and oxygen atoms in total. The zero-order valence-electron chi connectivity index (χ0n) is 8.82. The van der Waals surface area contributed by atoms with Crippen LogP contribution < -0.4 is 10.6 Å². The number of anilines is 1. The number of carboxylic acid groups (broad SMARTS) is 1. The topological polar surface area (TPSA) is 66.6 Å². The number of benzene rings is 1. The van der Waals surface area contributed by atoms with Gasteiger partial charge in [0.15, 0.2) is 0 Å². The third-order valence-electron chi connectivity index (χ3n) is 2.84. The van der Waals surface area contributed by atoms with E-state index in [4.69, 9.17) is 10.8 Å². The summed E-state index contributed by atoms with van der Waals surface area (Å²) in [7, 11) is 1.96. The first kappa shape index (κ1) is 9.98. The fraction of sp³-hybridized carbons (Fsp3) is 0.364. The molecule has 1 aromatic rings. The predicted octanol–water partition coefficient (Wildman–Crippen LogP) is 1.01. The van der Waals surface area contributed by atoms with Gasteiger partial charge in [0.1, 0.15) is 0 Å². The second kappa shape index (κ2) is 2.97. The Morgan fingerprint density at radius 3 is 2.87 bits per heavy atom. The molecule has 4 heteroatoms. The minimum Gasteiger partial charge on any atom is -0.478 e. The van der Waals surface area contributed by atoms with Gasteiger partial charge < -0.3 is 15.7 Å². The van der Waals surface area contributed by atoms with E-state index in [0.717, 1.165) is 11.3 Å². The highest BCUT2D eigenvalue weighted by atomic mass is 16.4. The van der Waals surface area contributed by atoms with Crippen LogP contribution in [0.4, 0.5) is 5.69 Å². The molecule has 80 valence electrons. The molecular formula is C11H14N2O2. The molecule has 0 aromatic heterocycles. The average molecular weight is 206 g/mol. The van der Waals surface area contributed by atoms with Gasteiger partial charge in [-0.25, -0.2) is 4.79 Å². The van der Waals surface area contributed by atoms with Crippen LogP contribution in [-0.4, -0.2) is 24.7 Å². The number of hydrogen-bond donors (Lipinski definition) is 2. The minimum absolute atomic E-state index is 0.292. The van der Waals surface area contributed by atoms with Gasteiger partial charge in [0.2, 0.25) is 0 Å². The van der Waals surface area contributed by atoms with Crippen LogP contribution >= 0.6 is 0 Å². The second-order valence-electron chi connectivity index (χ2n) is 4.31. The Labute approximate surface area is 88.3 Å². The van der Waals surface area contributed by atoms with Crippen molar-refractivity contribution < 1.29 is 9.90 Å². The summed E-state index contributed by atoms with van der Waals surface area (Å²) in [5, 5.41) is 8.90. The molecule has 1 aromatic carbocycles. The molecular weight excluding hydrogens is 192 g/mol. The first-order valence-electron chi connectivity index (χ1n) is 4.80. The number of hydrogen-bond acceptors (Lipinski definition) is 3. The van der Waals surface area contributed by atoms with Crippen LogP contribution in [0.25, 0.3) is 0 Å². The first-order valence-corrected chi connectivity index (χ1v) is 4.80. The molecule has 0 fully saturated rings. The maximum atomic E-state index is 10.8. The van der Waals surface area contributed by atoms with Crippen molar-refractivity contribution in [2.75, 3.05) is 18.5 Å². The van der Waals surface area contributed by atoms with Crippen LogP contribution in [0.15, 0.2) is 18.2 Å². The van der Waals surface area contributed by atoms with Gasteiger partial charge in [-0.1, -0.05) is 0 Å². The minimum atomic E-state index is -0.914. The Morgan fingerprint density at radius 2 is 2.27 bits per heavy atom. The molecule has 1 aliphatic rings. The lowest BCUT2D eigenvalue weighted by molar-refractivity contribution is 0.0697. The van der Waals surface area contributed by atoms with Crippen molar-refractivity contribution >= 4 is 11.7 Å². The molecule has 0 aliphatic carbocycles. The molecule has 1 atom stereocenters. The number of carbonyl (C=O) groups is 1. The Balaban J connectivity index is 2.57. The predicted molar refractivity (Wildman–Crippen MR) is 58.2 cm³/mol. The summed E-state index contributed by atoms with van der Waals surface area (Å²) >= 11 is 0. The first-order chi connectivity index (χ1) is 6.92. The summed E-state index contributed by atoms with van der Waals surface area (Å²) in [6.07, 6.45) is 0. The quantitative estimate of drug-likeness (QED) is 0.719. The number of nitrogens with two attached hydrogens (primary N) is 1. The molecule has 15 heavy (non-hydrogen) atoms. The number of fused-ring (bicyclic) bond motifs is 1. The average Bonchev–Trinajstić information content (AvgIpc) is 2.37. The normalized spacial score (nSPS) is 24.1. The molecule has 0 radical (unpaired) electrons. The number of carboxylic acids is 1. The Kier molecular flexibility index (Phi) is 1.98. The van der Waals surface area contributed by atoms with Gasteiger partial charge in [0.05, 0.1) is 11.1 Å². The van der Waals surface area contributed by atoms with E-state index in [1.807, 2.05) is 24.9 Å². The van der Waals surface area contributed by atoms with Crippen LogP contribution in [0.2, 0.25) is 0 Å². The fourth-order valence-electron chi connectivity index (χ4n) is 2.12. The van der Waals surface area contributed by atoms with E-state index < -0.39 is 11.5 Å². The fourth-order valence-corrected chi connectivity index (χ4v) is 2.12. The molecule has 2 rings (SSSR count). The van der Waals surface area contributed by atoms with E-state index >= 15 is 0 Å². The highest BCUT2D eigenvalue weighted by Gasteiger charge is 2.34. The summed E-state index contributed by atoms with van der Waals surface area (Å²) in [5.74, 6) is -0.914. The zero-order valence-corrected chi connectivity index (χ0v) is 8.82. The summed E-state index contributed by atoms with van der Waals surface area (Å²) in [6, 6.07) is 5.09. The standard InChI is InChI=1S/C11H14N2O2/c1-11(12)6-13(2)9-4-3-7(10(14)15)5-8(9)11/h3-5H,6,12H2,1-2H3,(H,14,15)/t11-/m0/s1. The monoisotopic (exact) mass is 206 g/mol. The molecule has 3 N–H and O–H groups in total. The van der Waals surface area contributed by atoms with Crippen LogP contribution in [0.1, 0.15) is 22.8 Å². The summed E-state index contributed by atoms with van der Waals surface area (Å²) in [4.78, 5) is 12.9. The van der Waals surface area contributed by atoms with E-state index in [0.29, 0.717) is 12.1 Å². The maximum Gasteiger partial charge on any atom is 0.335 e. The Morgan fingerprint density at radius 1 is 1.60 bits per heavy atom. The third kappa shape index (κ3) is 1.47. The lowest BCUT2D eigenvalue weighted by Gasteiger charge is -2.18. The molecule has 0 saturated carbocycles. The van der Waals surface area contributed by atoms with Crippen molar-refractivity contribution in [3.8, 4) is 0 Å². The highest BCUT2D eigenvalue weighted by molar-refractivity contribution is 5.89. The van der Waals surface area contributed by atoms with Crippen LogP contribution in [0, 0.1) is 0 Å². The highest BCUT2D eigenvalue weighted by Crippen LogP contribution is 2.36. The third-order valence-corrected chi connectivity index (χ3v) is 2.84. The summed E-state index contributed by atoms with van der Waals surface area (Å²) in [6.45, 7) is 2.63. The number of nitrogens with zero attached hydrogens (tertiary/aromatic N) is 1. The molecule has 0 saturated heterocycles. The van der Waals surface area contributed by atoms with Gasteiger partial charge in [-0.05, 0) is 30.7 Å². The van der Waals surface area contributed by atoms with Gasteiger partial charge in [-0.2, -0.15) is 0 Å². The van der Waals surface area contributed by atoms with Gasteiger partial charge in [-0.3, -0.25) is 0 Å². The van der Waals surface area contributed by atoms with Crippen molar-refractivity contribution in [3.63, 3.8) is 0 Å². The Bertz CT molecular complexity index is 427. The van der Waals surface area contributed by atoms with Crippen molar-refractivity contribution in [1.82, 2.24) is 0 Å². The van der Waals surface area contributed by atoms with E-state index in [-0.39, 0.29) is 0 Å². The summed E-state index contributed by atoms with van der Waals surface area (Å²) in [5.41, 5.74) is 7.87. The maximum absolute atomic E-state index is 10.8.